The minimum absolute atomic E-state index is 0.0808. The van der Waals surface area contributed by atoms with Gasteiger partial charge in [-0.1, -0.05) is 29.8 Å². The zero-order valence-electron chi connectivity index (χ0n) is 13.7. The molecule has 0 atom stereocenters. The van der Waals surface area contributed by atoms with Crippen molar-refractivity contribution >= 4 is 15.8 Å². The van der Waals surface area contributed by atoms with Crippen LogP contribution in [0.15, 0.2) is 59.5 Å². The molecule has 0 spiro atoms. The molecule has 0 aliphatic rings. The van der Waals surface area contributed by atoms with Crippen molar-refractivity contribution in [2.45, 2.75) is 11.8 Å². The molecule has 0 radical (unpaired) electrons. The van der Waals surface area contributed by atoms with Gasteiger partial charge in [0.05, 0.1) is 16.3 Å². The van der Waals surface area contributed by atoms with E-state index in [1.807, 2.05) is 31.2 Å². The summed E-state index contributed by atoms with van der Waals surface area (Å²) in [6, 6.07) is 15.3. The average molecular weight is 356 g/mol. The van der Waals surface area contributed by atoms with Gasteiger partial charge in [0.25, 0.3) is 0 Å². The second-order valence-electron chi connectivity index (χ2n) is 5.76. The summed E-state index contributed by atoms with van der Waals surface area (Å²) < 4.78 is 24.7. The molecule has 0 unspecified atom stereocenters. The number of hydrogen-bond acceptors (Lipinski definition) is 4. The van der Waals surface area contributed by atoms with Crippen LogP contribution in [0.5, 0.6) is 0 Å². The molecular weight excluding hydrogens is 340 g/mol. The van der Waals surface area contributed by atoms with Crippen LogP contribution in [0.25, 0.3) is 16.9 Å². The molecule has 0 aliphatic carbocycles. The molecule has 1 aromatic heterocycles. The van der Waals surface area contributed by atoms with Crippen LogP contribution in [0, 0.1) is 6.92 Å². The number of aromatic nitrogens is 2. The van der Waals surface area contributed by atoms with Crippen LogP contribution in [0.1, 0.15) is 16.1 Å². The lowest BCUT2D eigenvalue weighted by Gasteiger charge is -2.08. The van der Waals surface area contributed by atoms with Crippen LogP contribution in [-0.2, 0) is 9.84 Å². The van der Waals surface area contributed by atoms with E-state index in [1.165, 1.54) is 22.9 Å². The van der Waals surface area contributed by atoms with Crippen LogP contribution >= 0.6 is 0 Å². The van der Waals surface area contributed by atoms with E-state index in [1.54, 1.807) is 12.1 Å². The third-order valence-electron chi connectivity index (χ3n) is 3.79. The highest BCUT2D eigenvalue weighted by molar-refractivity contribution is 7.90. The van der Waals surface area contributed by atoms with Crippen molar-refractivity contribution in [2.75, 3.05) is 6.26 Å². The van der Waals surface area contributed by atoms with E-state index in [4.69, 9.17) is 0 Å². The fraction of sp³-hybridized carbons (Fsp3) is 0.111. The predicted molar refractivity (Wildman–Crippen MR) is 93.8 cm³/mol. The number of carbonyl (C=O) groups is 1. The molecule has 3 aromatic rings. The van der Waals surface area contributed by atoms with Gasteiger partial charge >= 0.3 is 5.97 Å². The third kappa shape index (κ3) is 3.46. The van der Waals surface area contributed by atoms with Crippen molar-refractivity contribution in [2.24, 2.45) is 0 Å². The second kappa shape index (κ2) is 6.18. The Morgan fingerprint density at radius 3 is 2.16 bits per heavy atom. The fourth-order valence-corrected chi connectivity index (χ4v) is 3.08. The van der Waals surface area contributed by atoms with E-state index in [0.717, 1.165) is 17.4 Å². The largest absolute Gasteiger partial charge is 0.476 e. The second-order valence-corrected chi connectivity index (χ2v) is 7.78. The van der Waals surface area contributed by atoms with Gasteiger partial charge in [0, 0.05) is 11.8 Å². The summed E-state index contributed by atoms with van der Waals surface area (Å²) in [6.07, 6.45) is 1.14. The molecule has 0 amide bonds. The van der Waals surface area contributed by atoms with Crippen LogP contribution in [-0.4, -0.2) is 35.5 Å². The molecule has 0 bridgehead atoms. The van der Waals surface area contributed by atoms with E-state index in [0.29, 0.717) is 11.4 Å². The minimum atomic E-state index is -3.30. The Balaban J connectivity index is 2.14. The predicted octanol–water partition coefficient (Wildman–Crippen LogP) is 2.95. The SMILES string of the molecule is Cc1ccc(-c2cc(C(=O)O)nn2-c2ccc(S(C)(=O)=O)cc2)cc1. The number of sulfone groups is 1. The zero-order valence-corrected chi connectivity index (χ0v) is 14.5. The minimum Gasteiger partial charge on any atom is -0.476 e. The summed E-state index contributed by atoms with van der Waals surface area (Å²) in [5, 5.41) is 13.4. The maximum atomic E-state index is 11.6. The summed E-state index contributed by atoms with van der Waals surface area (Å²) in [4.78, 5) is 11.5. The van der Waals surface area contributed by atoms with Crippen LogP contribution in [0.4, 0.5) is 0 Å². The molecule has 25 heavy (non-hydrogen) atoms. The number of aromatic carboxylic acids is 1. The molecule has 3 rings (SSSR count). The molecule has 6 nitrogen and oxygen atoms in total. The summed E-state index contributed by atoms with van der Waals surface area (Å²) in [5.41, 5.74) is 3.02. The zero-order chi connectivity index (χ0) is 18.2. The molecule has 0 fully saturated rings. The van der Waals surface area contributed by atoms with Gasteiger partial charge in [-0.3, -0.25) is 0 Å². The highest BCUT2D eigenvalue weighted by Gasteiger charge is 2.16. The molecular formula is C18H16N2O4S. The van der Waals surface area contributed by atoms with Crippen LogP contribution in [0.2, 0.25) is 0 Å². The van der Waals surface area contributed by atoms with E-state index in [-0.39, 0.29) is 10.6 Å². The maximum absolute atomic E-state index is 11.6. The van der Waals surface area contributed by atoms with E-state index < -0.39 is 15.8 Å². The van der Waals surface area contributed by atoms with Gasteiger partial charge in [-0.15, -0.1) is 0 Å². The Morgan fingerprint density at radius 1 is 1.04 bits per heavy atom. The van der Waals surface area contributed by atoms with Crippen molar-refractivity contribution in [1.82, 2.24) is 9.78 Å². The van der Waals surface area contributed by atoms with Gasteiger partial charge < -0.3 is 5.11 Å². The fourth-order valence-electron chi connectivity index (χ4n) is 2.45. The Labute approximate surface area is 145 Å². The topological polar surface area (TPSA) is 89.3 Å². The highest BCUT2D eigenvalue weighted by Crippen LogP contribution is 2.25. The molecule has 1 heterocycles. The number of nitrogens with zero attached hydrogens (tertiary/aromatic N) is 2. The van der Waals surface area contributed by atoms with Gasteiger partial charge in [0.2, 0.25) is 0 Å². The van der Waals surface area contributed by atoms with Gasteiger partial charge in [0.15, 0.2) is 15.5 Å². The summed E-state index contributed by atoms with van der Waals surface area (Å²) >= 11 is 0. The number of aryl methyl sites for hydroxylation is 1. The number of carboxylic acid groups (broad SMARTS) is 1. The molecule has 7 heteroatoms. The lowest BCUT2D eigenvalue weighted by Crippen LogP contribution is -2.03. The maximum Gasteiger partial charge on any atom is 0.356 e. The van der Waals surface area contributed by atoms with Gasteiger partial charge in [0.1, 0.15) is 0 Å². The molecule has 0 saturated heterocycles. The molecule has 2 aromatic carbocycles. The van der Waals surface area contributed by atoms with Crippen molar-refractivity contribution < 1.29 is 18.3 Å². The Hall–Kier alpha value is -2.93. The number of rotatable bonds is 4. The Kier molecular flexibility index (Phi) is 4.18. The molecule has 0 aliphatic heterocycles. The first-order chi connectivity index (χ1) is 11.8. The molecule has 0 saturated carbocycles. The first-order valence-electron chi connectivity index (χ1n) is 7.46. The van der Waals surface area contributed by atoms with E-state index >= 15 is 0 Å². The Bertz CT molecular complexity index is 1030. The molecule has 128 valence electrons. The van der Waals surface area contributed by atoms with Crippen molar-refractivity contribution in [3.05, 3.63) is 65.9 Å². The van der Waals surface area contributed by atoms with Crippen LogP contribution in [0.3, 0.4) is 0 Å². The van der Waals surface area contributed by atoms with Gasteiger partial charge in [-0.25, -0.2) is 17.9 Å². The lowest BCUT2D eigenvalue weighted by molar-refractivity contribution is 0.0690. The summed E-state index contributed by atoms with van der Waals surface area (Å²) in [6.45, 7) is 1.97. The van der Waals surface area contributed by atoms with E-state index in [2.05, 4.69) is 5.10 Å². The highest BCUT2D eigenvalue weighted by atomic mass is 32.2. The lowest BCUT2D eigenvalue weighted by atomic mass is 10.1. The van der Waals surface area contributed by atoms with E-state index in [9.17, 15) is 18.3 Å². The Morgan fingerprint density at radius 2 is 1.64 bits per heavy atom. The smallest absolute Gasteiger partial charge is 0.356 e. The molecule has 1 N–H and O–H groups in total. The summed E-state index contributed by atoms with van der Waals surface area (Å²) in [7, 11) is -3.30. The summed E-state index contributed by atoms with van der Waals surface area (Å²) in [5.74, 6) is -1.13. The average Bonchev–Trinajstić information content (AvgIpc) is 3.00. The van der Waals surface area contributed by atoms with Crippen molar-refractivity contribution in [3.8, 4) is 16.9 Å². The van der Waals surface area contributed by atoms with Crippen LogP contribution < -0.4 is 0 Å². The first-order valence-corrected chi connectivity index (χ1v) is 9.36. The van der Waals surface area contributed by atoms with Crippen molar-refractivity contribution in [1.29, 1.82) is 0 Å². The third-order valence-corrected chi connectivity index (χ3v) is 4.91. The number of benzene rings is 2. The van der Waals surface area contributed by atoms with Crippen molar-refractivity contribution in [3.63, 3.8) is 0 Å². The normalized spacial score (nSPS) is 11.4. The standard InChI is InChI=1S/C18H16N2O4S/c1-12-3-5-13(6-4-12)17-11-16(18(21)22)19-20(17)14-7-9-15(10-8-14)25(2,23)24/h3-11H,1-2H3,(H,21,22). The quantitative estimate of drug-likeness (QED) is 0.776. The first kappa shape index (κ1) is 16.9. The monoisotopic (exact) mass is 356 g/mol. The number of hydrogen-bond donors (Lipinski definition) is 1. The van der Waals surface area contributed by atoms with Gasteiger partial charge in [-0.05, 0) is 37.3 Å². The number of carboxylic acids is 1. The van der Waals surface area contributed by atoms with Gasteiger partial charge in [-0.2, -0.15) is 5.10 Å².